The normalized spacial score (nSPS) is 20.0. The monoisotopic (exact) mass is 421 g/mol. The van der Waals surface area contributed by atoms with Crippen LogP contribution in [-0.2, 0) is 4.79 Å². The van der Waals surface area contributed by atoms with Gasteiger partial charge in [-0.2, -0.15) is 0 Å². The Labute approximate surface area is 186 Å². The number of nitrogens with one attached hydrogen (secondary N) is 1. The molecule has 0 aliphatic carbocycles. The van der Waals surface area contributed by atoms with E-state index in [4.69, 9.17) is 0 Å². The van der Waals surface area contributed by atoms with Gasteiger partial charge in [0.15, 0.2) is 0 Å². The van der Waals surface area contributed by atoms with Crippen molar-refractivity contribution < 1.29 is 4.79 Å². The first-order valence-electron chi connectivity index (χ1n) is 11.6. The van der Waals surface area contributed by atoms with Crippen molar-refractivity contribution in [1.82, 2.24) is 15.2 Å². The molecule has 2 aliphatic heterocycles. The summed E-state index contributed by atoms with van der Waals surface area (Å²) in [6.45, 7) is 12.0. The van der Waals surface area contributed by atoms with E-state index in [1.54, 1.807) is 0 Å². The van der Waals surface area contributed by atoms with Gasteiger partial charge in [-0.05, 0) is 56.0 Å². The quantitative estimate of drug-likeness (QED) is 0.777. The highest BCUT2D eigenvalue weighted by Crippen LogP contribution is 2.24. The average molecular weight is 422 g/mol. The maximum absolute atomic E-state index is 12.7. The molecule has 0 unspecified atom stereocenters. The Kier molecular flexibility index (Phi) is 7.07. The molecule has 4 rings (SSSR count). The molecule has 0 radical (unpaired) electrons. The molecule has 0 bridgehead atoms. The van der Waals surface area contributed by atoms with Gasteiger partial charge in [0, 0.05) is 76.1 Å². The molecule has 6 nitrogen and oxygen atoms in total. The zero-order valence-electron chi connectivity index (χ0n) is 18.9. The summed E-state index contributed by atoms with van der Waals surface area (Å²) < 4.78 is 0. The van der Waals surface area contributed by atoms with Gasteiger partial charge in [-0.1, -0.05) is 12.1 Å². The maximum atomic E-state index is 12.7. The molecular formula is C25H35N5O. The van der Waals surface area contributed by atoms with Gasteiger partial charge in [0.25, 0.3) is 0 Å². The molecule has 166 valence electrons. The van der Waals surface area contributed by atoms with Crippen LogP contribution in [0.4, 0.5) is 11.4 Å². The fourth-order valence-electron chi connectivity index (χ4n) is 4.75. The van der Waals surface area contributed by atoms with Crippen LogP contribution in [-0.4, -0.2) is 68.1 Å². The van der Waals surface area contributed by atoms with E-state index in [0.29, 0.717) is 0 Å². The number of aromatic nitrogens is 1. The number of rotatable bonds is 6. The molecule has 6 heteroatoms. The highest BCUT2D eigenvalue weighted by Gasteiger charge is 2.26. The molecule has 2 fully saturated rings. The smallest absolute Gasteiger partial charge is 0.224 e. The van der Waals surface area contributed by atoms with Crippen LogP contribution in [0.3, 0.4) is 0 Å². The van der Waals surface area contributed by atoms with Crippen molar-refractivity contribution in [3.05, 3.63) is 53.9 Å². The highest BCUT2D eigenvalue weighted by molar-refractivity contribution is 5.79. The Morgan fingerprint density at radius 2 is 1.81 bits per heavy atom. The average Bonchev–Trinajstić information content (AvgIpc) is 2.82. The van der Waals surface area contributed by atoms with Crippen molar-refractivity contribution in [3.63, 3.8) is 0 Å². The number of hydrogen-bond donors (Lipinski definition) is 1. The SMILES string of the molecule is Cc1cccc(N2CCN(CCNC(=O)[C@H]3CCCN(c4ccncc4)C3)CC2)c1C. The number of pyridine rings is 1. The second-order valence-electron chi connectivity index (χ2n) is 8.83. The first-order chi connectivity index (χ1) is 15.1. The van der Waals surface area contributed by atoms with Gasteiger partial charge in [0.05, 0.1) is 5.92 Å². The second kappa shape index (κ2) is 10.1. The largest absolute Gasteiger partial charge is 0.371 e. The van der Waals surface area contributed by atoms with Gasteiger partial charge in [-0.3, -0.25) is 14.7 Å². The van der Waals surface area contributed by atoms with Gasteiger partial charge < -0.3 is 15.1 Å². The third kappa shape index (κ3) is 5.37. The lowest BCUT2D eigenvalue weighted by Gasteiger charge is -2.37. The molecule has 3 heterocycles. The molecule has 2 aliphatic rings. The van der Waals surface area contributed by atoms with Crippen molar-refractivity contribution in [2.75, 3.05) is 62.2 Å². The molecule has 2 saturated heterocycles. The molecule has 31 heavy (non-hydrogen) atoms. The zero-order valence-corrected chi connectivity index (χ0v) is 18.9. The third-order valence-electron chi connectivity index (χ3n) is 6.84. The number of aryl methyl sites for hydroxylation is 1. The van der Waals surface area contributed by atoms with Crippen molar-refractivity contribution in [1.29, 1.82) is 0 Å². The van der Waals surface area contributed by atoms with Gasteiger partial charge in [-0.15, -0.1) is 0 Å². The summed E-state index contributed by atoms with van der Waals surface area (Å²) in [7, 11) is 0. The molecule has 1 atom stereocenters. The van der Waals surface area contributed by atoms with Gasteiger partial charge in [-0.25, -0.2) is 0 Å². The van der Waals surface area contributed by atoms with Gasteiger partial charge >= 0.3 is 0 Å². The fourth-order valence-corrected chi connectivity index (χ4v) is 4.75. The van der Waals surface area contributed by atoms with Crippen LogP contribution >= 0.6 is 0 Å². The van der Waals surface area contributed by atoms with Crippen molar-refractivity contribution >= 4 is 17.3 Å². The van der Waals surface area contributed by atoms with Gasteiger partial charge in [0.2, 0.25) is 5.91 Å². The van der Waals surface area contributed by atoms with E-state index >= 15 is 0 Å². The van der Waals surface area contributed by atoms with Crippen molar-refractivity contribution in [3.8, 4) is 0 Å². The van der Waals surface area contributed by atoms with Crippen LogP contribution < -0.4 is 15.1 Å². The second-order valence-corrected chi connectivity index (χ2v) is 8.83. The first kappa shape index (κ1) is 21.6. The predicted molar refractivity (Wildman–Crippen MR) is 127 cm³/mol. The Bertz CT molecular complexity index is 863. The predicted octanol–water partition coefficient (Wildman–Crippen LogP) is 2.85. The van der Waals surface area contributed by atoms with E-state index in [2.05, 4.69) is 57.0 Å². The number of carbonyl (C=O) groups is 1. The lowest BCUT2D eigenvalue weighted by molar-refractivity contribution is -0.125. The van der Waals surface area contributed by atoms with E-state index in [9.17, 15) is 4.79 Å². The van der Waals surface area contributed by atoms with Crippen LogP contribution in [0.25, 0.3) is 0 Å². The first-order valence-corrected chi connectivity index (χ1v) is 11.6. The minimum atomic E-state index is 0.0723. The molecule has 1 amide bonds. The summed E-state index contributed by atoms with van der Waals surface area (Å²) in [5.41, 5.74) is 5.27. The van der Waals surface area contributed by atoms with E-state index in [0.717, 1.165) is 70.9 Å². The standard InChI is InChI=1S/C25H35N5O/c1-20-5-3-7-24(21(20)2)29-17-15-28(16-18-29)14-12-27-25(31)22-6-4-13-30(19-22)23-8-10-26-11-9-23/h3,5,7-11,22H,4,6,12-19H2,1-2H3,(H,27,31)/t22-/m0/s1. The molecule has 2 aromatic rings. The van der Waals surface area contributed by atoms with E-state index in [1.807, 2.05) is 24.5 Å². The zero-order chi connectivity index (χ0) is 21.6. The van der Waals surface area contributed by atoms with Crippen LogP contribution in [0.2, 0.25) is 0 Å². The number of piperidine rings is 1. The Balaban J connectivity index is 1.19. The molecule has 1 aromatic carbocycles. The molecular weight excluding hydrogens is 386 g/mol. The summed E-state index contributed by atoms with van der Waals surface area (Å²) in [4.78, 5) is 24.1. The minimum absolute atomic E-state index is 0.0723. The lowest BCUT2D eigenvalue weighted by atomic mass is 9.96. The van der Waals surface area contributed by atoms with E-state index in [1.165, 1.54) is 16.8 Å². The van der Waals surface area contributed by atoms with E-state index in [-0.39, 0.29) is 11.8 Å². The van der Waals surface area contributed by atoms with Crippen LogP contribution in [0.15, 0.2) is 42.7 Å². The molecule has 0 saturated carbocycles. The van der Waals surface area contributed by atoms with Crippen molar-refractivity contribution in [2.24, 2.45) is 5.92 Å². The lowest BCUT2D eigenvalue weighted by Crippen LogP contribution is -2.49. The molecule has 0 spiro atoms. The Hall–Kier alpha value is -2.60. The molecule has 1 aromatic heterocycles. The summed E-state index contributed by atoms with van der Waals surface area (Å²) in [6.07, 6.45) is 5.67. The highest BCUT2D eigenvalue weighted by atomic mass is 16.1. The van der Waals surface area contributed by atoms with Crippen molar-refractivity contribution in [2.45, 2.75) is 26.7 Å². The number of anilines is 2. The summed E-state index contributed by atoms with van der Waals surface area (Å²) in [6, 6.07) is 10.6. The van der Waals surface area contributed by atoms with Gasteiger partial charge in [0.1, 0.15) is 0 Å². The summed E-state index contributed by atoms with van der Waals surface area (Å²) >= 11 is 0. The van der Waals surface area contributed by atoms with Crippen LogP contribution in [0.1, 0.15) is 24.0 Å². The summed E-state index contributed by atoms with van der Waals surface area (Å²) in [5.74, 6) is 0.274. The number of nitrogens with zero attached hydrogens (tertiary/aromatic N) is 4. The number of hydrogen-bond acceptors (Lipinski definition) is 5. The van der Waals surface area contributed by atoms with E-state index < -0.39 is 0 Å². The number of carbonyl (C=O) groups excluding carboxylic acids is 1. The third-order valence-corrected chi connectivity index (χ3v) is 6.84. The number of benzene rings is 1. The Morgan fingerprint density at radius 3 is 2.58 bits per heavy atom. The fraction of sp³-hybridized carbons (Fsp3) is 0.520. The van der Waals surface area contributed by atoms with Crippen LogP contribution in [0, 0.1) is 19.8 Å². The minimum Gasteiger partial charge on any atom is -0.371 e. The topological polar surface area (TPSA) is 51.7 Å². The number of amides is 1. The Morgan fingerprint density at radius 1 is 1.03 bits per heavy atom. The van der Waals surface area contributed by atoms with Crippen LogP contribution in [0.5, 0.6) is 0 Å². The maximum Gasteiger partial charge on any atom is 0.224 e. The molecule has 1 N–H and O–H groups in total. The number of piperazine rings is 1. The summed E-state index contributed by atoms with van der Waals surface area (Å²) in [5, 5.41) is 3.20.